The standard InChI is InChI=1S/C12H15ClFNO2S/c1-12(4-5-18(16,17)8-12)15-7-9-2-3-10(14)6-11(9)13/h2-3,6,15H,4-5,7-8H2,1H3. The Labute approximate surface area is 111 Å². The molecule has 1 saturated heterocycles. The van der Waals surface area contributed by atoms with Crippen molar-refractivity contribution in [2.45, 2.75) is 25.4 Å². The van der Waals surface area contributed by atoms with Crippen molar-refractivity contribution in [3.05, 3.63) is 34.6 Å². The second kappa shape index (κ2) is 4.79. The summed E-state index contributed by atoms with van der Waals surface area (Å²) >= 11 is 5.92. The van der Waals surface area contributed by atoms with Gasteiger partial charge in [0, 0.05) is 17.1 Å². The number of benzene rings is 1. The molecule has 0 radical (unpaired) electrons. The van der Waals surface area contributed by atoms with Crippen LogP contribution in [0.5, 0.6) is 0 Å². The van der Waals surface area contributed by atoms with Gasteiger partial charge in [0.05, 0.1) is 11.5 Å². The lowest BCUT2D eigenvalue weighted by Crippen LogP contribution is -2.42. The first-order chi connectivity index (χ1) is 8.30. The fraction of sp³-hybridized carbons (Fsp3) is 0.500. The summed E-state index contributed by atoms with van der Waals surface area (Å²) in [5.41, 5.74) is 0.347. The van der Waals surface area contributed by atoms with E-state index in [1.54, 1.807) is 6.07 Å². The number of nitrogens with one attached hydrogen (secondary N) is 1. The summed E-state index contributed by atoms with van der Waals surface area (Å²) < 4.78 is 35.8. The summed E-state index contributed by atoms with van der Waals surface area (Å²) in [5, 5.41) is 3.56. The van der Waals surface area contributed by atoms with Crippen LogP contribution in [0.1, 0.15) is 18.9 Å². The first-order valence-corrected chi connectivity index (χ1v) is 7.89. The number of halogens is 2. The Hall–Kier alpha value is -0.650. The van der Waals surface area contributed by atoms with Crippen LogP contribution < -0.4 is 5.32 Å². The average molecular weight is 292 g/mol. The maximum Gasteiger partial charge on any atom is 0.152 e. The summed E-state index contributed by atoms with van der Waals surface area (Å²) in [4.78, 5) is 0. The van der Waals surface area contributed by atoms with E-state index in [0.717, 1.165) is 5.56 Å². The lowest BCUT2D eigenvalue weighted by Gasteiger charge is -2.24. The monoisotopic (exact) mass is 291 g/mol. The molecule has 2 rings (SSSR count). The number of rotatable bonds is 3. The minimum atomic E-state index is -2.93. The molecule has 100 valence electrons. The topological polar surface area (TPSA) is 46.2 Å². The van der Waals surface area contributed by atoms with Crippen LogP contribution in [0.4, 0.5) is 4.39 Å². The van der Waals surface area contributed by atoms with Crippen molar-refractivity contribution < 1.29 is 12.8 Å². The molecule has 1 aliphatic rings. The van der Waals surface area contributed by atoms with E-state index in [-0.39, 0.29) is 17.3 Å². The molecular weight excluding hydrogens is 277 g/mol. The Bertz CT molecular complexity index is 561. The van der Waals surface area contributed by atoms with Crippen LogP contribution in [0.2, 0.25) is 5.02 Å². The van der Waals surface area contributed by atoms with Gasteiger partial charge in [-0.15, -0.1) is 0 Å². The van der Waals surface area contributed by atoms with Gasteiger partial charge in [-0.1, -0.05) is 17.7 Å². The minimum absolute atomic E-state index is 0.138. The Balaban J connectivity index is 2.04. The normalized spacial score (nSPS) is 26.4. The van der Waals surface area contributed by atoms with Crippen molar-refractivity contribution in [3.63, 3.8) is 0 Å². The van der Waals surface area contributed by atoms with Gasteiger partial charge in [0.1, 0.15) is 5.82 Å². The highest BCUT2D eigenvalue weighted by Crippen LogP contribution is 2.24. The van der Waals surface area contributed by atoms with E-state index in [2.05, 4.69) is 5.32 Å². The SMILES string of the molecule is CC1(NCc2ccc(F)cc2Cl)CCS(=O)(=O)C1. The number of sulfone groups is 1. The molecule has 0 amide bonds. The van der Waals surface area contributed by atoms with Gasteiger partial charge in [-0.2, -0.15) is 0 Å². The van der Waals surface area contributed by atoms with Crippen molar-refractivity contribution >= 4 is 21.4 Å². The maximum atomic E-state index is 12.9. The van der Waals surface area contributed by atoms with E-state index in [1.165, 1.54) is 12.1 Å². The Morgan fingerprint density at radius 1 is 1.50 bits per heavy atom. The fourth-order valence-electron chi connectivity index (χ4n) is 2.12. The molecule has 1 aromatic rings. The first kappa shape index (κ1) is 13.8. The van der Waals surface area contributed by atoms with Crippen LogP contribution >= 0.6 is 11.6 Å². The molecule has 1 aromatic carbocycles. The highest BCUT2D eigenvalue weighted by Gasteiger charge is 2.37. The molecule has 1 N–H and O–H groups in total. The summed E-state index contributed by atoms with van der Waals surface area (Å²) in [6, 6.07) is 4.21. The smallest absolute Gasteiger partial charge is 0.152 e. The highest BCUT2D eigenvalue weighted by atomic mass is 35.5. The third kappa shape index (κ3) is 3.22. The van der Waals surface area contributed by atoms with E-state index in [4.69, 9.17) is 11.6 Å². The minimum Gasteiger partial charge on any atom is -0.306 e. The summed E-state index contributed by atoms with van der Waals surface area (Å²) in [6.07, 6.45) is 0.591. The second-order valence-corrected chi connectivity index (χ2v) is 7.58. The molecule has 6 heteroatoms. The van der Waals surface area contributed by atoms with Crippen LogP contribution in [0.3, 0.4) is 0 Å². The molecule has 0 aliphatic carbocycles. The third-order valence-electron chi connectivity index (χ3n) is 3.22. The highest BCUT2D eigenvalue weighted by molar-refractivity contribution is 7.91. The zero-order chi connectivity index (χ0) is 13.4. The molecule has 3 nitrogen and oxygen atoms in total. The van der Waals surface area contributed by atoms with Gasteiger partial charge in [0.25, 0.3) is 0 Å². The summed E-state index contributed by atoms with van der Waals surface area (Å²) in [5.74, 6) is -0.0228. The van der Waals surface area contributed by atoms with E-state index >= 15 is 0 Å². The molecular formula is C12H15ClFNO2S. The second-order valence-electron chi connectivity index (χ2n) is 4.99. The van der Waals surface area contributed by atoms with Crippen molar-refractivity contribution in [2.75, 3.05) is 11.5 Å². The fourth-order valence-corrected chi connectivity index (χ4v) is 4.48. The molecule has 1 fully saturated rings. The Kier molecular flexibility index (Phi) is 3.67. The van der Waals surface area contributed by atoms with Crippen molar-refractivity contribution in [3.8, 4) is 0 Å². The van der Waals surface area contributed by atoms with Crippen LogP contribution in [0.15, 0.2) is 18.2 Å². The molecule has 1 aliphatic heterocycles. The van der Waals surface area contributed by atoms with E-state index in [0.29, 0.717) is 18.0 Å². The predicted molar refractivity (Wildman–Crippen MR) is 69.9 cm³/mol. The van der Waals surface area contributed by atoms with E-state index < -0.39 is 15.4 Å². The van der Waals surface area contributed by atoms with E-state index in [9.17, 15) is 12.8 Å². The molecule has 1 unspecified atom stereocenters. The molecule has 18 heavy (non-hydrogen) atoms. The van der Waals surface area contributed by atoms with Crippen LogP contribution in [0.25, 0.3) is 0 Å². The third-order valence-corrected chi connectivity index (χ3v) is 5.48. The Morgan fingerprint density at radius 3 is 2.78 bits per heavy atom. The van der Waals surface area contributed by atoms with Gasteiger partial charge < -0.3 is 5.32 Å². The number of hydrogen-bond donors (Lipinski definition) is 1. The summed E-state index contributed by atoms with van der Waals surface area (Å²) in [6.45, 7) is 2.32. The van der Waals surface area contributed by atoms with Gasteiger partial charge in [0.2, 0.25) is 0 Å². The van der Waals surface area contributed by atoms with Crippen molar-refractivity contribution in [1.29, 1.82) is 0 Å². The van der Waals surface area contributed by atoms with Crippen LogP contribution in [-0.4, -0.2) is 25.5 Å². The van der Waals surface area contributed by atoms with E-state index in [1.807, 2.05) is 6.92 Å². The van der Waals surface area contributed by atoms with Crippen molar-refractivity contribution in [2.24, 2.45) is 0 Å². The lowest BCUT2D eigenvalue weighted by atomic mass is 10.0. The molecule has 1 heterocycles. The average Bonchev–Trinajstić information content (AvgIpc) is 2.52. The van der Waals surface area contributed by atoms with Gasteiger partial charge >= 0.3 is 0 Å². The quantitative estimate of drug-likeness (QED) is 0.928. The number of hydrogen-bond acceptors (Lipinski definition) is 3. The molecule has 0 aromatic heterocycles. The largest absolute Gasteiger partial charge is 0.306 e. The van der Waals surface area contributed by atoms with Gasteiger partial charge in [0.15, 0.2) is 9.84 Å². The zero-order valence-corrected chi connectivity index (χ0v) is 11.6. The zero-order valence-electron chi connectivity index (χ0n) is 10.0. The molecule has 0 spiro atoms. The van der Waals surface area contributed by atoms with Crippen LogP contribution in [-0.2, 0) is 16.4 Å². The predicted octanol–water partition coefficient (Wildman–Crippen LogP) is 2.15. The molecule has 0 bridgehead atoms. The first-order valence-electron chi connectivity index (χ1n) is 5.69. The van der Waals surface area contributed by atoms with Gasteiger partial charge in [-0.25, -0.2) is 12.8 Å². The molecule has 1 atom stereocenters. The van der Waals surface area contributed by atoms with Gasteiger partial charge in [-0.3, -0.25) is 0 Å². The molecule has 0 saturated carbocycles. The maximum absolute atomic E-state index is 12.9. The lowest BCUT2D eigenvalue weighted by molar-refractivity contribution is 0.395. The van der Waals surface area contributed by atoms with Gasteiger partial charge in [-0.05, 0) is 31.0 Å². The van der Waals surface area contributed by atoms with Crippen LogP contribution in [0, 0.1) is 5.82 Å². The summed E-state index contributed by atoms with van der Waals surface area (Å²) in [7, 11) is -2.93. The van der Waals surface area contributed by atoms with Crippen molar-refractivity contribution in [1.82, 2.24) is 5.32 Å². The Morgan fingerprint density at radius 2 is 2.22 bits per heavy atom.